The Kier molecular flexibility index (Phi) is 2.90. The first-order valence-corrected chi connectivity index (χ1v) is 5.13. The number of nitriles is 1. The summed E-state index contributed by atoms with van der Waals surface area (Å²) >= 11 is 0. The quantitative estimate of drug-likeness (QED) is 0.856. The summed E-state index contributed by atoms with van der Waals surface area (Å²) < 4.78 is 15.3. The summed E-state index contributed by atoms with van der Waals surface area (Å²) in [5, 5.41) is 8.90. The maximum atomic E-state index is 13.9. The Bertz CT molecular complexity index is 580. The molecule has 2 N–H and O–H groups in total. The molecule has 2 rings (SSSR count). The van der Waals surface area contributed by atoms with Crippen LogP contribution in [-0.2, 0) is 0 Å². The molecule has 86 valence electrons. The van der Waals surface area contributed by atoms with E-state index in [-0.39, 0.29) is 17.6 Å². The Hall–Kier alpha value is -2.19. The second-order valence-corrected chi connectivity index (χ2v) is 3.70. The predicted octanol–water partition coefficient (Wildman–Crippen LogP) is 1.90. The van der Waals surface area contributed by atoms with Crippen molar-refractivity contribution in [1.29, 1.82) is 5.26 Å². The van der Waals surface area contributed by atoms with E-state index in [9.17, 15) is 4.39 Å². The first kappa shape index (κ1) is 11.3. The van der Waals surface area contributed by atoms with Crippen LogP contribution < -0.4 is 5.73 Å². The standard InChI is InChI=1S/C12H11FN4/c1-8(15)9-3-2-4-10(13)12(9)17-6-5-16-11(17)7-14/h2-6,8H,15H2,1H3. The Balaban J connectivity index is 2.71. The summed E-state index contributed by atoms with van der Waals surface area (Å²) in [7, 11) is 0. The van der Waals surface area contributed by atoms with E-state index in [1.54, 1.807) is 25.3 Å². The minimum absolute atomic E-state index is 0.136. The van der Waals surface area contributed by atoms with Gasteiger partial charge in [0.1, 0.15) is 11.9 Å². The minimum atomic E-state index is -0.422. The van der Waals surface area contributed by atoms with E-state index in [1.807, 2.05) is 6.07 Å². The highest BCUT2D eigenvalue weighted by molar-refractivity contribution is 5.46. The Morgan fingerprint density at radius 1 is 1.53 bits per heavy atom. The van der Waals surface area contributed by atoms with E-state index in [1.165, 1.54) is 16.8 Å². The number of halogens is 1. The van der Waals surface area contributed by atoms with Crippen LogP contribution in [0, 0.1) is 17.1 Å². The van der Waals surface area contributed by atoms with Crippen LogP contribution in [0.25, 0.3) is 5.69 Å². The Morgan fingerprint density at radius 2 is 2.29 bits per heavy atom. The SMILES string of the molecule is CC(N)c1cccc(F)c1-n1ccnc1C#N. The highest BCUT2D eigenvalue weighted by atomic mass is 19.1. The molecule has 5 heteroatoms. The zero-order valence-electron chi connectivity index (χ0n) is 9.26. The van der Waals surface area contributed by atoms with Gasteiger partial charge in [-0.1, -0.05) is 12.1 Å². The van der Waals surface area contributed by atoms with Gasteiger partial charge in [0, 0.05) is 18.4 Å². The molecule has 1 heterocycles. The number of hydrogen-bond donors (Lipinski definition) is 1. The number of rotatable bonds is 2. The maximum absolute atomic E-state index is 13.9. The van der Waals surface area contributed by atoms with Crippen LogP contribution in [0.5, 0.6) is 0 Å². The van der Waals surface area contributed by atoms with Gasteiger partial charge in [-0.3, -0.25) is 4.57 Å². The highest BCUT2D eigenvalue weighted by Gasteiger charge is 2.15. The van der Waals surface area contributed by atoms with E-state index in [0.717, 1.165) is 0 Å². The number of aromatic nitrogens is 2. The summed E-state index contributed by atoms with van der Waals surface area (Å²) in [6.07, 6.45) is 3.00. The Morgan fingerprint density at radius 3 is 2.94 bits per heavy atom. The van der Waals surface area contributed by atoms with E-state index in [2.05, 4.69) is 4.98 Å². The molecule has 0 radical (unpaired) electrons. The molecule has 0 amide bonds. The highest BCUT2D eigenvalue weighted by Crippen LogP contribution is 2.24. The lowest BCUT2D eigenvalue weighted by Crippen LogP contribution is -2.12. The van der Waals surface area contributed by atoms with E-state index in [0.29, 0.717) is 5.56 Å². The number of hydrogen-bond acceptors (Lipinski definition) is 3. The molecule has 1 unspecified atom stereocenters. The van der Waals surface area contributed by atoms with Gasteiger partial charge in [-0.05, 0) is 18.6 Å². The van der Waals surface area contributed by atoms with Crippen molar-refractivity contribution in [3.8, 4) is 11.8 Å². The molecule has 0 bridgehead atoms. The van der Waals surface area contributed by atoms with Crippen LogP contribution in [0.4, 0.5) is 4.39 Å². The normalized spacial score (nSPS) is 12.1. The molecule has 0 aliphatic carbocycles. The summed E-state index contributed by atoms with van der Waals surface area (Å²) in [6.45, 7) is 1.77. The summed E-state index contributed by atoms with van der Waals surface area (Å²) in [4.78, 5) is 3.85. The molecular weight excluding hydrogens is 219 g/mol. The predicted molar refractivity (Wildman–Crippen MR) is 60.8 cm³/mol. The third-order valence-electron chi connectivity index (χ3n) is 2.49. The molecule has 1 aromatic carbocycles. The van der Waals surface area contributed by atoms with E-state index < -0.39 is 5.82 Å². The Labute approximate surface area is 98.1 Å². The fraction of sp³-hybridized carbons (Fsp3) is 0.167. The van der Waals surface area contributed by atoms with Gasteiger partial charge in [-0.15, -0.1) is 0 Å². The molecule has 1 atom stereocenters. The average molecular weight is 230 g/mol. The fourth-order valence-electron chi connectivity index (χ4n) is 1.72. The van der Waals surface area contributed by atoms with Crippen molar-refractivity contribution < 1.29 is 4.39 Å². The molecule has 0 saturated carbocycles. The van der Waals surface area contributed by atoms with Crippen molar-refractivity contribution >= 4 is 0 Å². The number of para-hydroxylation sites is 1. The largest absolute Gasteiger partial charge is 0.324 e. The number of benzene rings is 1. The van der Waals surface area contributed by atoms with Crippen LogP contribution >= 0.6 is 0 Å². The molecule has 0 fully saturated rings. The van der Waals surface area contributed by atoms with Crippen LogP contribution in [0.15, 0.2) is 30.6 Å². The van der Waals surface area contributed by atoms with Crippen molar-refractivity contribution in [1.82, 2.24) is 9.55 Å². The van der Waals surface area contributed by atoms with E-state index in [4.69, 9.17) is 11.0 Å². The number of nitrogens with two attached hydrogens (primary N) is 1. The van der Waals surface area contributed by atoms with Crippen molar-refractivity contribution in [2.75, 3.05) is 0 Å². The van der Waals surface area contributed by atoms with Gasteiger partial charge in [-0.2, -0.15) is 5.26 Å². The second-order valence-electron chi connectivity index (χ2n) is 3.70. The summed E-state index contributed by atoms with van der Waals surface area (Å²) in [5.41, 5.74) is 6.72. The number of imidazole rings is 1. The minimum Gasteiger partial charge on any atom is -0.324 e. The van der Waals surface area contributed by atoms with Crippen molar-refractivity contribution in [2.45, 2.75) is 13.0 Å². The van der Waals surface area contributed by atoms with Gasteiger partial charge in [0.2, 0.25) is 5.82 Å². The van der Waals surface area contributed by atoms with Crippen molar-refractivity contribution in [2.24, 2.45) is 5.73 Å². The zero-order valence-corrected chi connectivity index (χ0v) is 9.26. The van der Waals surface area contributed by atoms with E-state index >= 15 is 0 Å². The number of nitrogens with zero attached hydrogens (tertiary/aromatic N) is 3. The average Bonchev–Trinajstić information content (AvgIpc) is 2.76. The third kappa shape index (κ3) is 1.90. The van der Waals surface area contributed by atoms with Crippen LogP contribution in [0.2, 0.25) is 0 Å². The lowest BCUT2D eigenvalue weighted by atomic mass is 10.1. The van der Waals surface area contributed by atoms with Gasteiger partial charge in [0.05, 0.1) is 5.69 Å². The first-order chi connectivity index (χ1) is 8.15. The molecule has 0 spiro atoms. The maximum Gasteiger partial charge on any atom is 0.217 e. The van der Waals surface area contributed by atoms with Crippen LogP contribution in [0.1, 0.15) is 24.4 Å². The van der Waals surface area contributed by atoms with Gasteiger partial charge in [-0.25, -0.2) is 9.37 Å². The second kappa shape index (κ2) is 4.36. The monoisotopic (exact) mass is 230 g/mol. The third-order valence-corrected chi connectivity index (χ3v) is 2.49. The molecule has 0 aliphatic heterocycles. The van der Waals surface area contributed by atoms with Crippen molar-refractivity contribution in [3.05, 3.63) is 47.8 Å². The molecule has 2 aromatic rings. The zero-order chi connectivity index (χ0) is 12.4. The molecule has 4 nitrogen and oxygen atoms in total. The fourth-order valence-corrected chi connectivity index (χ4v) is 1.72. The smallest absolute Gasteiger partial charge is 0.217 e. The molecule has 0 aliphatic rings. The summed E-state index contributed by atoms with van der Waals surface area (Å²) in [5.74, 6) is -0.286. The summed E-state index contributed by atoms with van der Waals surface area (Å²) in [6, 6.07) is 6.26. The molecular formula is C12H11FN4. The first-order valence-electron chi connectivity index (χ1n) is 5.13. The van der Waals surface area contributed by atoms with Gasteiger partial charge in [0.15, 0.2) is 0 Å². The topological polar surface area (TPSA) is 67.6 Å². The molecule has 17 heavy (non-hydrogen) atoms. The van der Waals surface area contributed by atoms with Crippen molar-refractivity contribution in [3.63, 3.8) is 0 Å². The van der Waals surface area contributed by atoms with Gasteiger partial charge < -0.3 is 5.73 Å². The lowest BCUT2D eigenvalue weighted by molar-refractivity contribution is 0.610. The molecule has 0 saturated heterocycles. The lowest BCUT2D eigenvalue weighted by Gasteiger charge is -2.14. The molecule has 1 aromatic heterocycles. The van der Waals surface area contributed by atoms with Crippen LogP contribution in [-0.4, -0.2) is 9.55 Å². The van der Waals surface area contributed by atoms with Gasteiger partial charge in [0.25, 0.3) is 0 Å². The van der Waals surface area contributed by atoms with Gasteiger partial charge >= 0.3 is 0 Å². The van der Waals surface area contributed by atoms with Crippen LogP contribution in [0.3, 0.4) is 0 Å².